The molecule has 0 aliphatic heterocycles. The van der Waals surface area contributed by atoms with Gasteiger partial charge < -0.3 is 4.74 Å². The zero-order valence-electron chi connectivity index (χ0n) is 13.0. The number of aryl methyl sites for hydroxylation is 1. The Morgan fingerprint density at radius 2 is 2.08 bits per heavy atom. The second-order valence-electron chi connectivity index (χ2n) is 4.91. The van der Waals surface area contributed by atoms with Crippen LogP contribution in [-0.4, -0.2) is 34.6 Å². The fraction of sp³-hybridized carbons (Fsp3) is 0.125. The maximum atomic E-state index is 12.3. The minimum absolute atomic E-state index is 0.333. The molecule has 3 aromatic rings. The lowest BCUT2D eigenvalue weighted by Gasteiger charge is -2.01. The van der Waals surface area contributed by atoms with Gasteiger partial charge in [0, 0.05) is 11.6 Å². The molecule has 2 heterocycles. The third kappa shape index (κ3) is 3.04. The van der Waals surface area contributed by atoms with Gasteiger partial charge in [-0.2, -0.15) is 5.10 Å². The molecular formula is C16H14N4O3S. The number of hydrogen-bond acceptors (Lipinski definition) is 6. The first-order valence-corrected chi connectivity index (χ1v) is 7.92. The van der Waals surface area contributed by atoms with Gasteiger partial charge in [0.05, 0.1) is 24.6 Å². The van der Waals surface area contributed by atoms with Gasteiger partial charge in [-0.05, 0) is 24.6 Å². The van der Waals surface area contributed by atoms with E-state index in [1.54, 1.807) is 41.8 Å². The number of fused-ring (bicyclic) bond motifs is 1. The molecule has 0 atom stereocenters. The van der Waals surface area contributed by atoms with E-state index in [1.807, 2.05) is 5.38 Å². The van der Waals surface area contributed by atoms with Gasteiger partial charge in [0.2, 0.25) is 0 Å². The van der Waals surface area contributed by atoms with Crippen molar-refractivity contribution in [2.24, 2.45) is 5.10 Å². The molecule has 2 aromatic heterocycles. The molecule has 122 valence electrons. The van der Waals surface area contributed by atoms with Crippen LogP contribution in [0.2, 0.25) is 0 Å². The van der Waals surface area contributed by atoms with Gasteiger partial charge in [-0.3, -0.25) is 9.20 Å². The maximum absolute atomic E-state index is 12.3. The highest BCUT2D eigenvalue weighted by Crippen LogP contribution is 2.16. The number of imidazole rings is 1. The average Bonchev–Trinajstić information content (AvgIpc) is 3.14. The monoisotopic (exact) mass is 342 g/mol. The molecule has 0 bridgehead atoms. The summed E-state index contributed by atoms with van der Waals surface area (Å²) in [5, 5.41) is 5.81. The lowest BCUT2D eigenvalue weighted by atomic mass is 10.1. The van der Waals surface area contributed by atoms with Gasteiger partial charge in [0.25, 0.3) is 5.91 Å². The zero-order valence-corrected chi connectivity index (χ0v) is 13.8. The van der Waals surface area contributed by atoms with Crippen molar-refractivity contribution in [1.82, 2.24) is 14.8 Å². The first-order valence-electron chi connectivity index (χ1n) is 7.04. The topological polar surface area (TPSA) is 85.1 Å². The molecule has 0 saturated carbocycles. The van der Waals surface area contributed by atoms with Crippen LogP contribution in [0, 0.1) is 6.92 Å². The molecule has 0 fully saturated rings. The van der Waals surface area contributed by atoms with Crippen LogP contribution < -0.4 is 5.43 Å². The van der Waals surface area contributed by atoms with Gasteiger partial charge in [-0.25, -0.2) is 15.2 Å². The predicted octanol–water partition coefficient (Wildman–Crippen LogP) is 2.25. The van der Waals surface area contributed by atoms with Crippen molar-refractivity contribution < 1.29 is 14.3 Å². The van der Waals surface area contributed by atoms with Crippen molar-refractivity contribution in [2.75, 3.05) is 7.11 Å². The highest BCUT2D eigenvalue weighted by Gasteiger charge is 2.16. The minimum atomic E-state index is -0.400. The molecule has 1 N–H and O–H groups in total. The molecule has 24 heavy (non-hydrogen) atoms. The van der Waals surface area contributed by atoms with Crippen molar-refractivity contribution in [1.29, 1.82) is 0 Å². The summed E-state index contributed by atoms with van der Waals surface area (Å²) in [5.74, 6) is -0.733. The number of benzene rings is 1. The number of hydrazone groups is 1. The minimum Gasteiger partial charge on any atom is -0.465 e. The van der Waals surface area contributed by atoms with Gasteiger partial charge >= 0.3 is 5.97 Å². The number of rotatable bonds is 4. The largest absolute Gasteiger partial charge is 0.465 e. The summed E-state index contributed by atoms with van der Waals surface area (Å²) in [6.07, 6.45) is 3.30. The Hall–Kier alpha value is -3.00. The number of carbonyl (C=O) groups excluding carboxylic acids is 2. The third-order valence-corrected chi connectivity index (χ3v) is 4.12. The normalized spacial score (nSPS) is 11.1. The van der Waals surface area contributed by atoms with E-state index in [1.165, 1.54) is 24.7 Å². The van der Waals surface area contributed by atoms with Crippen LogP contribution in [-0.2, 0) is 4.74 Å². The number of thiazole rings is 1. The number of methoxy groups -OCH3 is 1. The second-order valence-corrected chi connectivity index (χ2v) is 5.79. The lowest BCUT2D eigenvalue weighted by molar-refractivity contribution is 0.0600. The van der Waals surface area contributed by atoms with Crippen molar-refractivity contribution in [3.8, 4) is 0 Å². The van der Waals surface area contributed by atoms with E-state index >= 15 is 0 Å². The summed E-state index contributed by atoms with van der Waals surface area (Å²) < 4.78 is 6.36. The molecular weight excluding hydrogens is 328 g/mol. The zero-order chi connectivity index (χ0) is 17.1. The van der Waals surface area contributed by atoms with Crippen molar-refractivity contribution in [3.05, 3.63) is 58.4 Å². The molecule has 3 rings (SSSR count). The van der Waals surface area contributed by atoms with Crippen molar-refractivity contribution in [3.63, 3.8) is 0 Å². The smallest absolute Gasteiger partial charge is 0.337 e. The molecule has 0 spiro atoms. The Morgan fingerprint density at radius 1 is 1.33 bits per heavy atom. The van der Waals surface area contributed by atoms with E-state index in [-0.39, 0.29) is 5.91 Å². The Balaban J connectivity index is 1.70. The van der Waals surface area contributed by atoms with Crippen LogP contribution >= 0.6 is 11.3 Å². The van der Waals surface area contributed by atoms with Gasteiger partial charge in [0.1, 0.15) is 5.69 Å². The van der Waals surface area contributed by atoms with Crippen LogP contribution in [0.5, 0.6) is 0 Å². The molecule has 0 saturated heterocycles. The number of hydrogen-bond donors (Lipinski definition) is 1. The lowest BCUT2D eigenvalue weighted by Crippen LogP contribution is -2.20. The van der Waals surface area contributed by atoms with E-state index in [9.17, 15) is 9.59 Å². The van der Waals surface area contributed by atoms with Gasteiger partial charge in [0.15, 0.2) is 4.96 Å². The number of nitrogens with one attached hydrogen (secondary N) is 1. The van der Waals surface area contributed by atoms with Crippen molar-refractivity contribution in [2.45, 2.75) is 6.92 Å². The van der Waals surface area contributed by atoms with Crippen LogP contribution in [0.3, 0.4) is 0 Å². The Bertz CT molecular complexity index is 925. The fourth-order valence-electron chi connectivity index (χ4n) is 2.21. The molecule has 0 radical (unpaired) electrons. The number of esters is 1. The molecule has 0 unspecified atom stereocenters. The Morgan fingerprint density at radius 3 is 2.79 bits per heavy atom. The van der Waals surface area contributed by atoms with E-state index in [0.717, 1.165) is 10.5 Å². The first-order chi connectivity index (χ1) is 11.6. The molecule has 0 aliphatic rings. The van der Waals surface area contributed by atoms with Crippen LogP contribution in [0.4, 0.5) is 0 Å². The fourth-order valence-corrected chi connectivity index (χ4v) is 2.97. The molecule has 7 nitrogen and oxygen atoms in total. The van der Waals surface area contributed by atoms with Crippen LogP contribution in [0.25, 0.3) is 4.96 Å². The Kier molecular flexibility index (Phi) is 4.39. The maximum Gasteiger partial charge on any atom is 0.337 e. The number of ether oxygens (including phenoxy) is 1. The van der Waals surface area contributed by atoms with Crippen LogP contribution in [0.15, 0.2) is 40.9 Å². The average molecular weight is 342 g/mol. The molecule has 0 aliphatic carbocycles. The summed E-state index contributed by atoms with van der Waals surface area (Å²) in [7, 11) is 1.33. The van der Waals surface area contributed by atoms with Crippen LogP contribution in [0.1, 0.15) is 32.1 Å². The van der Waals surface area contributed by atoms with E-state index in [0.29, 0.717) is 17.0 Å². The molecule has 8 heteroatoms. The third-order valence-electron chi connectivity index (χ3n) is 3.36. The predicted molar refractivity (Wildman–Crippen MR) is 90.6 cm³/mol. The van der Waals surface area contributed by atoms with Crippen molar-refractivity contribution >= 4 is 34.4 Å². The van der Waals surface area contributed by atoms with Gasteiger partial charge in [-0.15, -0.1) is 11.3 Å². The summed E-state index contributed by atoms with van der Waals surface area (Å²) in [4.78, 5) is 28.7. The summed E-state index contributed by atoms with van der Waals surface area (Å²) in [6, 6.07) is 6.68. The van der Waals surface area contributed by atoms with E-state index in [2.05, 4.69) is 20.2 Å². The standard InChI is InChI=1S/C16H14N4O3S/c1-10-13(20-7-8-24-16(20)18-10)14(21)19-17-9-11-3-5-12(6-4-11)15(22)23-2/h3-9H,1-2H3,(H,19,21)/b17-9-. The highest BCUT2D eigenvalue weighted by atomic mass is 32.1. The van der Waals surface area contributed by atoms with Gasteiger partial charge in [-0.1, -0.05) is 12.1 Å². The number of amides is 1. The van der Waals surface area contributed by atoms with E-state index in [4.69, 9.17) is 0 Å². The quantitative estimate of drug-likeness (QED) is 0.448. The SMILES string of the molecule is COC(=O)c1ccc(/C=N\NC(=O)c2c(C)nc3sccn23)cc1. The summed E-state index contributed by atoms with van der Waals surface area (Å²) in [5.41, 5.74) is 4.80. The first kappa shape index (κ1) is 15.9. The molecule has 1 amide bonds. The number of aromatic nitrogens is 2. The summed E-state index contributed by atoms with van der Waals surface area (Å²) >= 11 is 1.46. The highest BCUT2D eigenvalue weighted by molar-refractivity contribution is 7.15. The Labute approximate surface area is 141 Å². The van der Waals surface area contributed by atoms with E-state index < -0.39 is 5.97 Å². The second kappa shape index (κ2) is 6.63. The number of carbonyl (C=O) groups is 2. The molecule has 1 aromatic carbocycles. The number of nitrogens with zero attached hydrogens (tertiary/aromatic N) is 3. The summed E-state index contributed by atoms with van der Waals surface area (Å²) in [6.45, 7) is 1.78.